The first-order valence-corrected chi connectivity index (χ1v) is 6.85. The normalized spacial score (nSPS) is 22.2. The third-order valence-electron chi connectivity index (χ3n) is 3.83. The van der Waals surface area contributed by atoms with Gasteiger partial charge < -0.3 is 15.8 Å². The van der Waals surface area contributed by atoms with Crippen molar-refractivity contribution in [1.82, 2.24) is 5.32 Å². The quantitative estimate of drug-likeness (QED) is 0.845. The molecule has 2 unspecified atom stereocenters. The molecular formula is C15H22N2O2. The number of hydrogen-bond donors (Lipinski definition) is 2. The van der Waals surface area contributed by atoms with Gasteiger partial charge in [0, 0.05) is 6.04 Å². The zero-order chi connectivity index (χ0) is 13.7. The molecule has 1 aliphatic rings. The van der Waals surface area contributed by atoms with Gasteiger partial charge in [0.25, 0.3) is 0 Å². The predicted molar refractivity (Wildman–Crippen MR) is 75.0 cm³/mol. The average Bonchev–Trinajstić information content (AvgIpc) is 2.86. The van der Waals surface area contributed by atoms with Gasteiger partial charge in [0.2, 0.25) is 5.91 Å². The summed E-state index contributed by atoms with van der Waals surface area (Å²) < 4.78 is 5.10. The Labute approximate surface area is 114 Å². The fraction of sp³-hybridized carbons (Fsp3) is 0.533. The molecule has 0 saturated heterocycles. The number of carbonyl (C=O) groups is 1. The second-order valence-electron chi connectivity index (χ2n) is 5.13. The summed E-state index contributed by atoms with van der Waals surface area (Å²) in [5.41, 5.74) is 6.72. The van der Waals surface area contributed by atoms with E-state index in [0.29, 0.717) is 18.9 Å². The standard InChI is InChI=1S/C15H22N2O2/c1-19-13-7-5-11(6-8-13)9-15(18)17-14-4-2-3-12(14)10-16/h5-8,12,14H,2-4,9-10,16H2,1H3,(H,17,18). The van der Waals surface area contributed by atoms with Gasteiger partial charge >= 0.3 is 0 Å². The maximum atomic E-state index is 12.0. The van der Waals surface area contributed by atoms with E-state index in [1.165, 1.54) is 0 Å². The lowest BCUT2D eigenvalue weighted by molar-refractivity contribution is -0.121. The Bertz CT molecular complexity index is 417. The van der Waals surface area contributed by atoms with Crippen molar-refractivity contribution < 1.29 is 9.53 Å². The van der Waals surface area contributed by atoms with Gasteiger partial charge in [-0.1, -0.05) is 18.6 Å². The molecule has 0 aliphatic heterocycles. The van der Waals surface area contributed by atoms with Crippen LogP contribution in [-0.2, 0) is 11.2 Å². The first-order valence-electron chi connectivity index (χ1n) is 6.85. The van der Waals surface area contributed by atoms with Crippen LogP contribution in [0.2, 0.25) is 0 Å². The number of ether oxygens (including phenoxy) is 1. The summed E-state index contributed by atoms with van der Waals surface area (Å²) >= 11 is 0. The number of amides is 1. The Kier molecular flexibility index (Phi) is 4.80. The van der Waals surface area contributed by atoms with Crippen molar-refractivity contribution in [3.8, 4) is 5.75 Å². The lowest BCUT2D eigenvalue weighted by Gasteiger charge is -2.19. The summed E-state index contributed by atoms with van der Waals surface area (Å²) in [7, 11) is 1.63. The van der Waals surface area contributed by atoms with Crippen LogP contribution in [0.5, 0.6) is 5.75 Å². The van der Waals surface area contributed by atoms with E-state index in [-0.39, 0.29) is 11.9 Å². The van der Waals surface area contributed by atoms with Crippen LogP contribution in [0.15, 0.2) is 24.3 Å². The highest BCUT2D eigenvalue weighted by molar-refractivity contribution is 5.79. The zero-order valence-electron chi connectivity index (χ0n) is 11.4. The van der Waals surface area contributed by atoms with E-state index in [2.05, 4.69) is 5.32 Å². The fourth-order valence-electron chi connectivity index (χ4n) is 2.70. The van der Waals surface area contributed by atoms with Gasteiger partial charge in [0.1, 0.15) is 5.75 Å². The Morgan fingerprint density at radius 1 is 1.37 bits per heavy atom. The number of nitrogens with two attached hydrogens (primary N) is 1. The molecule has 1 fully saturated rings. The molecule has 1 saturated carbocycles. The van der Waals surface area contributed by atoms with Gasteiger partial charge in [-0.05, 0) is 43.0 Å². The third-order valence-corrected chi connectivity index (χ3v) is 3.83. The molecule has 4 heteroatoms. The number of carbonyl (C=O) groups excluding carboxylic acids is 1. The summed E-state index contributed by atoms with van der Waals surface area (Å²) in [4.78, 5) is 12.0. The molecular weight excluding hydrogens is 240 g/mol. The molecule has 0 radical (unpaired) electrons. The minimum Gasteiger partial charge on any atom is -0.497 e. The van der Waals surface area contributed by atoms with E-state index in [4.69, 9.17) is 10.5 Å². The maximum absolute atomic E-state index is 12.0. The smallest absolute Gasteiger partial charge is 0.224 e. The van der Waals surface area contributed by atoms with E-state index < -0.39 is 0 Å². The van der Waals surface area contributed by atoms with Crippen LogP contribution in [0.25, 0.3) is 0 Å². The molecule has 0 heterocycles. The van der Waals surface area contributed by atoms with Gasteiger partial charge in [-0.15, -0.1) is 0 Å². The van der Waals surface area contributed by atoms with Crippen LogP contribution in [0, 0.1) is 5.92 Å². The van der Waals surface area contributed by atoms with E-state index >= 15 is 0 Å². The lowest BCUT2D eigenvalue weighted by Crippen LogP contribution is -2.40. The Morgan fingerprint density at radius 2 is 2.11 bits per heavy atom. The van der Waals surface area contributed by atoms with Crippen LogP contribution in [-0.4, -0.2) is 25.6 Å². The molecule has 2 rings (SSSR count). The van der Waals surface area contributed by atoms with Crippen molar-refractivity contribution in [2.24, 2.45) is 11.7 Å². The summed E-state index contributed by atoms with van der Waals surface area (Å²) in [5, 5.41) is 3.11. The summed E-state index contributed by atoms with van der Waals surface area (Å²) in [6.45, 7) is 0.660. The van der Waals surface area contributed by atoms with Crippen LogP contribution in [0.3, 0.4) is 0 Å². The molecule has 1 aromatic carbocycles. The van der Waals surface area contributed by atoms with E-state index in [1.807, 2.05) is 24.3 Å². The molecule has 0 aromatic heterocycles. The molecule has 0 bridgehead atoms. The van der Waals surface area contributed by atoms with Crippen molar-refractivity contribution in [1.29, 1.82) is 0 Å². The molecule has 104 valence electrons. The first kappa shape index (κ1) is 13.9. The van der Waals surface area contributed by atoms with Crippen molar-refractivity contribution >= 4 is 5.91 Å². The molecule has 19 heavy (non-hydrogen) atoms. The van der Waals surface area contributed by atoms with Gasteiger partial charge in [-0.2, -0.15) is 0 Å². The lowest BCUT2D eigenvalue weighted by atomic mass is 10.0. The van der Waals surface area contributed by atoms with E-state index in [1.54, 1.807) is 7.11 Å². The second-order valence-corrected chi connectivity index (χ2v) is 5.13. The van der Waals surface area contributed by atoms with Crippen molar-refractivity contribution in [2.75, 3.05) is 13.7 Å². The minimum absolute atomic E-state index is 0.0792. The number of methoxy groups -OCH3 is 1. The number of hydrogen-bond acceptors (Lipinski definition) is 3. The largest absolute Gasteiger partial charge is 0.497 e. The van der Waals surface area contributed by atoms with Crippen LogP contribution >= 0.6 is 0 Å². The fourth-order valence-corrected chi connectivity index (χ4v) is 2.70. The SMILES string of the molecule is COc1ccc(CC(=O)NC2CCCC2CN)cc1. The Hall–Kier alpha value is -1.55. The summed E-state index contributed by atoms with van der Waals surface area (Å²) in [6.07, 6.45) is 3.76. The van der Waals surface area contributed by atoms with Crippen molar-refractivity contribution in [3.05, 3.63) is 29.8 Å². The molecule has 0 spiro atoms. The molecule has 1 amide bonds. The van der Waals surface area contributed by atoms with E-state index in [9.17, 15) is 4.79 Å². The number of rotatable bonds is 5. The van der Waals surface area contributed by atoms with Gasteiger partial charge in [-0.25, -0.2) is 0 Å². The highest BCUT2D eigenvalue weighted by Gasteiger charge is 2.27. The topological polar surface area (TPSA) is 64.3 Å². The second kappa shape index (κ2) is 6.57. The molecule has 1 aliphatic carbocycles. The van der Waals surface area contributed by atoms with Gasteiger partial charge in [0.15, 0.2) is 0 Å². The summed E-state index contributed by atoms with van der Waals surface area (Å²) in [5.74, 6) is 1.33. The predicted octanol–water partition coefficient (Wildman–Crippen LogP) is 1.48. The average molecular weight is 262 g/mol. The maximum Gasteiger partial charge on any atom is 0.224 e. The minimum atomic E-state index is 0.0792. The van der Waals surface area contributed by atoms with Crippen molar-refractivity contribution in [3.63, 3.8) is 0 Å². The number of benzene rings is 1. The van der Waals surface area contributed by atoms with Crippen LogP contribution in [0.1, 0.15) is 24.8 Å². The molecule has 1 aromatic rings. The monoisotopic (exact) mass is 262 g/mol. The molecule has 2 atom stereocenters. The van der Waals surface area contributed by atoms with Gasteiger partial charge in [0.05, 0.1) is 13.5 Å². The highest BCUT2D eigenvalue weighted by Crippen LogP contribution is 2.24. The van der Waals surface area contributed by atoms with E-state index in [0.717, 1.165) is 30.6 Å². The van der Waals surface area contributed by atoms with Crippen molar-refractivity contribution in [2.45, 2.75) is 31.7 Å². The van der Waals surface area contributed by atoms with Crippen LogP contribution < -0.4 is 15.8 Å². The Balaban J connectivity index is 1.86. The van der Waals surface area contributed by atoms with Crippen LogP contribution in [0.4, 0.5) is 0 Å². The number of nitrogens with one attached hydrogen (secondary N) is 1. The zero-order valence-corrected chi connectivity index (χ0v) is 11.4. The summed E-state index contributed by atoms with van der Waals surface area (Å²) in [6, 6.07) is 7.86. The van der Waals surface area contributed by atoms with Gasteiger partial charge in [-0.3, -0.25) is 4.79 Å². The highest BCUT2D eigenvalue weighted by atomic mass is 16.5. The molecule has 4 nitrogen and oxygen atoms in total. The third kappa shape index (κ3) is 3.70. The Morgan fingerprint density at radius 3 is 2.74 bits per heavy atom. The first-order chi connectivity index (χ1) is 9.22. The molecule has 3 N–H and O–H groups in total.